The summed E-state index contributed by atoms with van der Waals surface area (Å²) in [7, 11) is 0. The molecular formula is C11H8BrClFN3. The van der Waals surface area contributed by atoms with E-state index in [0.29, 0.717) is 16.4 Å². The molecule has 2 rings (SSSR count). The normalized spacial score (nSPS) is 10.6. The van der Waals surface area contributed by atoms with E-state index in [-0.39, 0.29) is 11.5 Å². The van der Waals surface area contributed by atoms with Crippen LogP contribution in [0, 0.1) is 12.7 Å². The Bertz CT molecular complexity index is 566. The first-order valence-corrected chi connectivity index (χ1v) is 5.91. The highest BCUT2D eigenvalue weighted by Crippen LogP contribution is 2.29. The summed E-state index contributed by atoms with van der Waals surface area (Å²) in [5, 5.41) is 0.548. The molecule has 0 aliphatic heterocycles. The van der Waals surface area contributed by atoms with Gasteiger partial charge < -0.3 is 5.73 Å². The summed E-state index contributed by atoms with van der Waals surface area (Å²) in [4.78, 5) is 7.96. The van der Waals surface area contributed by atoms with E-state index in [4.69, 9.17) is 17.3 Å². The largest absolute Gasteiger partial charge is 0.381 e. The maximum absolute atomic E-state index is 13.3. The van der Waals surface area contributed by atoms with Gasteiger partial charge in [0.05, 0.1) is 5.69 Å². The maximum Gasteiger partial charge on any atom is 0.186 e. The number of nitrogen functional groups attached to an aromatic ring is 1. The van der Waals surface area contributed by atoms with Crippen molar-refractivity contribution in [3.05, 3.63) is 39.2 Å². The van der Waals surface area contributed by atoms with Crippen molar-refractivity contribution in [1.29, 1.82) is 0 Å². The Hall–Kier alpha value is -1.20. The summed E-state index contributed by atoms with van der Waals surface area (Å²) < 4.78 is 14.1. The third-order valence-electron chi connectivity index (χ3n) is 2.21. The van der Waals surface area contributed by atoms with Crippen LogP contribution in [-0.4, -0.2) is 9.97 Å². The molecule has 0 unspecified atom stereocenters. The minimum atomic E-state index is -0.591. The second-order valence-corrected chi connectivity index (χ2v) is 4.75. The number of aryl methyl sites for hydroxylation is 1. The van der Waals surface area contributed by atoms with Crippen LogP contribution in [0.2, 0.25) is 5.02 Å². The summed E-state index contributed by atoms with van der Waals surface area (Å²) >= 11 is 9.26. The molecule has 0 amide bonds. The van der Waals surface area contributed by atoms with E-state index < -0.39 is 5.82 Å². The molecule has 0 saturated carbocycles. The molecule has 0 aliphatic rings. The number of nitrogens with zero attached hydrogens (tertiary/aromatic N) is 2. The second kappa shape index (κ2) is 4.58. The Labute approximate surface area is 111 Å². The molecule has 0 fully saturated rings. The van der Waals surface area contributed by atoms with Crippen LogP contribution >= 0.6 is 27.5 Å². The van der Waals surface area contributed by atoms with E-state index in [1.54, 1.807) is 18.2 Å². The zero-order chi connectivity index (χ0) is 12.6. The van der Waals surface area contributed by atoms with Crippen LogP contribution < -0.4 is 5.73 Å². The fraction of sp³-hybridized carbons (Fsp3) is 0.0909. The van der Waals surface area contributed by atoms with Gasteiger partial charge in [0.1, 0.15) is 0 Å². The van der Waals surface area contributed by atoms with Crippen molar-refractivity contribution in [2.45, 2.75) is 6.92 Å². The topological polar surface area (TPSA) is 51.8 Å². The number of hydrogen-bond acceptors (Lipinski definition) is 3. The van der Waals surface area contributed by atoms with Crippen LogP contribution in [0.15, 0.2) is 22.7 Å². The first kappa shape index (κ1) is 12.3. The van der Waals surface area contributed by atoms with Crippen LogP contribution in [0.1, 0.15) is 5.69 Å². The van der Waals surface area contributed by atoms with Crippen LogP contribution in [0.4, 0.5) is 10.2 Å². The first-order chi connectivity index (χ1) is 7.99. The van der Waals surface area contributed by atoms with Crippen molar-refractivity contribution in [2.24, 2.45) is 0 Å². The second-order valence-electron chi connectivity index (χ2n) is 3.46. The highest BCUT2D eigenvalue weighted by Gasteiger charge is 2.12. The Morgan fingerprint density at radius 2 is 2.06 bits per heavy atom. The summed E-state index contributed by atoms with van der Waals surface area (Å²) in [5.41, 5.74) is 6.35. The van der Waals surface area contributed by atoms with Crippen LogP contribution in [-0.2, 0) is 0 Å². The molecule has 88 valence electrons. The molecule has 17 heavy (non-hydrogen) atoms. The van der Waals surface area contributed by atoms with Gasteiger partial charge in [-0.1, -0.05) is 27.5 Å². The molecule has 1 aromatic carbocycles. The van der Waals surface area contributed by atoms with Crippen LogP contribution in [0.3, 0.4) is 0 Å². The van der Waals surface area contributed by atoms with Gasteiger partial charge in [-0.05, 0) is 25.1 Å². The fourth-order valence-corrected chi connectivity index (χ4v) is 1.97. The summed E-state index contributed by atoms with van der Waals surface area (Å²) in [5.74, 6) is -0.415. The highest BCUT2D eigenvalue weighted by molar-refractivity contribution is 9.10. The fourth-order valence-electron chi connectivity index (χ4n) is 1.37. The van der Waals surface area contributed by atoms with Gasteiger partial charge >= 0.3 is 0 Å². The summed E-state index contributed by atoms with van der Waals surface area (Å²) in [6.45, 7) is 1.54. The molecule has 6 heteroatoms. The van der Waals surface area contributed by atoms with E-state index >= 15 is 0 Å². The van der Waals surface area contributed by atoms with Crippen molar-refractivity contribution in [3.63, 3.8) is 0 Å². The smallest absolute Gasteiger partial charge is 0.186 e. The number of anilines is 1. The third kappa shape index (κ3) is 2.40. The molecule has 2 aromatic rings. The Balaban J connectivity index is 2.64. The van der Waals surface area contributed by atoms with E-state index in [9.17, 15) is 4.39 Å². The van der Waals surface area contributed by atoms with E-state index in [1.807, 2.05) is 0 Å². The van der Waals surface area contributed by atoms with E-state index in [2.05, 4.69) is 25.9 Å². The lowest BCUT2D eigenvalue weighted by atomic mass is 10.2. The molecule has 2 N–H and O–H groups in total. The Morgan fingerprint density at radius 1 is 1.35 bits per heavy atom. The number of benzene rings is 1. The number of aromatic nitrogens is 2. The molecule has 0 spiro atoms. The zero-order valence-electron chi connectivity index (χ0n) is 8.84. The lowest BCUT2D eigenvalue weighted by Gasteiger charge is -2.07. The van der Waals surface area contributed by atoms with Crippen molar-refractivity contribution >= 4 is 33.3 Å². The van der Waals surface area contributed by atoms with Gasteiger partial charge in [0.25, 0.3) is 0 Å². The monoisotopic (exact) mass is 315 g/mol. The number of nitrogens with two attached hydrogens (primary N) is 1. The molecule has 1 heterocycles. The maximum atomic E-state index is 13.3. The predicted molar refractivity (Wildman–Crippen MR) is 69.3 cm³/mol. The highest BCUT2D eigenvalue weighted by atomic mass is 79.9. The molecular weight excluding hydrogens is 308 g/mol. The predicted octanol–water partition coefficient (Wildman–Crippen LogP) is 3.59. The summed E-state index contributed by atoms with van der Waals surface area (Å²) in [6, 6.07) is 5.20. The average Bonchev–Trinajstić information content (AvgIpc) is 2.28. The van der Waals surface area contributed by atoms with Gasteiger partial charge in [0.2, 0.25) is 0 Å². The van der Waals surface area contributed by atoms with Crippen molar-refractivity contribution in [1.82, 2.24) is 9.97 Å². The lowest BCUT2D eigenvalue weighted by Crippen LogP contribution is -2.03. The van der Waals surface area contributed by atoms with Crippen molar-refractivity contribution in [3.8, 4) is 11.4 Å². The molecule has 0 radical (unpaired) electrons. The SMILES string of the molecule is Cc1nc(-c2cc(Cl)ccc2Br)nc(N)c1F. The zero-order valence-corrected chi connectivity index (χ0v) is 11.2. The molecule has 1 aromatic heterocycles. The summed E-state index contributed by atoms with van der Waals surface area (Å²) in [6.07, 6.45) is 0. The molecule has 0 saturated heterocycles. The third-order valence-corrected chi connectivity index (χ3v) is 3.14. The van der Waals surface area contributed by atoms with Gasteiger partial charge in [-0.15, -0.1) is 0 Å². The van der Waals surface area contributed by atoms with E-state index in [1.165, 1.54) is 6.92 Å². The first-order valence-electron chi connectivity index (χ1n) is 4.74. The molecule has 3 nitrogen and oxygen atoms in total. The van der Waals surface area contributed by atoms with Crippen LogP contribution in [0.25, 0.3) is 11.4 Å². The molecule has 0 atom stereocenters. The minimum absolute atomic E-state index is 0.167. The van der Waals surface area contributed by atoms with Gasteiger partial charge in [-0.2, -0.15) is 0 Å². The van der Waals surface area contributed by atoms with Crippen molar-refractivity contribution in [2.75, 3.05) is 5.73 Å². The number of hydrogen-bond donors (Lipinski definition) is 1. The minimum Gasteiger partial charge on any atom is -0.381 e. The quantitative estimate of drug-likeness (QED) is 0.874. The Morgan fingerprint density at radius 3 is 2.71 bits per heavy atom. The van der Waals surface area contributed by atoms with Gasteiger partial charge in [0, 0.05) is 15.1 Å². The standard InChI is InChI=1S/C11H8BrClFN3/c1-5-9(14)10(15)17-11(16-5)7-4-6(13)2-3-8(7)12/h2-4H,1H3,(H2,15,16,17). The van der Waals surface area contributed by atoms with Gasteiger partial charge in [-0.3, -0.25) is 0 Å². The Kier molecular flexibility index (Phi) is 3.31. The van der Waals surface area contributed by atoms with Crippen LogP contribution in [0.5, 0.6) is 0 Å². The van der Waals surface area contributed by atoms with Gasteiger partial charge in [-0.25, -0.2) is 14.4 Å². The average molecular weight is 317 g/mol. The number of rotatable bonds is 1. The number of halogens is 3. The molecule has 0 aliphatic carbocycles. The molecule has 0 bridgehead atoms. The van der Waals surface area contributed by atoms with Crippen molar-refractivity contribution < 1.29 is 4.39 Å². The van der Waals surface area contributed by atoms with E-state index in [0.717, 1.165) is 4.47 Å². The lowest BCUT2D eigenvalue weighted by molar-refractivity contribution is 0.608. The van der Waals surface area contributed by atoms with Gasteiger partial charge in [0.15, 0.2) is 17.5 Å².